The van der Waals surface area contributed by atoms with E-state index in [-0.39, 0.29) is 11.8 Å². The van der Waals surface area contributed by atoms with Gasteiger partial charge in [0.1, 0.15) is 5.82 Å². The van der Waals surface area contributed by atoms with Crippen molar-refractivity contribution in [3.63, 3.8) is 0 Å². The quantitative estimate of drug-likeness (QED) is 0.644. The summed E-state index contributed by atoms with van der Waals surface area (Å²) in [4.78, 5) is 18.8. The Balaban J connectivity index is 2.25. The SMILES string of the molecule is CC(C)c1cc(C(=O)N2CCCOCC2)cc(NN)n1. The fourth-order valence-electron chi connectivity index (χ4n) is 2.18. The first kappa shape index (κ1) is 14.7. The number of anilines is 1. The summed E-state index contributed by atoms with van der Waals surface area (Å²) < 4.78 is 5.38. The van der Waals surface area contributed by atoms with Crippen LogP contribution in [0.5, 0.6) is 0 Å². The van der Waals surface area contributed by atoms with Gasteiger partial charge in [0.25, 0.3) is 5.91 Å². The monoisotopic (exact) mass is 278 g/mol. The van der Waals surface area contributed by atoms with Gasteiger partial charge in [0.2, 0.25) is 0 Å². The normalized spacial score (nSPS) is 16.1. The Morgan fingerprint density at radius 3 is 2.90 bits per heavy atom. The summed E-state index contributed by atoms with van der Waals surface area (Å²) in [6.45, 7) is 6.74. The van der Waals surface area contributed by atoms with E-state index in [1.807, 2.05) is 24.8 Å². The Bertz CT molecular complexity index is 468. The topological polar surface area (TPSA) is 80.5 Å². The number of nitrogens with zero attached hydrogens (tertiary/aromatic N) is 2. The number of nitrogens with two attached hydrogens (primary N) is 1. The first-order valence-electron chi connectivity index (χ1n) is 6.97. The van der Waals surface area contributed by atoms with Crippen LogP contribution in [0.2, 0.25) is 0 Å². The van der Waals surface area contributed by atoms with Crippen molar-refractivity contribution in [2.24, 2.45) is 5.84 Å². The van der Waals surface area contributed by atoms with E-state index in [1.165, 1.54) is 0 Å². The number of hydrogen-bond donors (Lipinski definition) is 2. The zero-order chi connectivity index (χ0) is 14.5. The van der Waals surface area contributed by atoms with Crippen LogP contribution in [0.1, 0.15) is 42.2 Å². The molecule has 0 aromatic carbocycles. The molecule has 1 aromatic rings. The molecule has 1 amide bonds. The van der Waals surface area contributed by atoms with E-state index < -0.39 is 0 Å². The number of hydrazine groups is 1. The van der Waals surface area contributed by atoms with Gasteiger partial charge in [-0.25, -0.2) is 10.8 Å². The Hall–Kier alpha value is -1.66. The number of nitrogen functional groups attached to an aromatic ring is 1. The van der Waals surface area contributed by atoms with Gasteiger partial charge in [0.05, 0.1) is 6.61 Å². The average molecular weight is 278 g/mol. The highest BCUT2D eigenvalue weighted by atomic mass is 16.5. The number of hydrogen-bond acceptors (Lipinski definition) is 5. The van der Waals surface area contributed by atoms with Crippen molar-refractivity contribution in [1.29, 1.82) is 0 Å². The zero-order valence-corrected chi connectivity index (χ0v) is 12.1. The van der Waals surface area contributed by atoms with Crippen LogP contribution >= 0.6 is 0 Å². The Kier molecular flexibility index (Phi) is 4.92. The molecule has 0 aliphatic carbocycles. The molecule has 110 valence electrons. The average Bonchev–Trinajstić information content (AvgIpc) is 2.74. The van der Waals surface area contributed by atoms with Crippen molar-refractivity contribution in [1.82, 2.24) is 9.88 Å². The van der Waals surface area contributed by atoms with E-state index in [4.69, 9.17) is 10.6 Å². The molecular weight excluding hydrogens is 256 g/mol. The minimum absolute atomic E-state index is 0.0105. The van der Waals surface area contributed by atoms with Gasteiger partial charge in [-0.15, -0.1) is 0 Å². The third-order valence-corrected chi connectivity index (χ3v) is 3.34. The maximum Gasteiger partial charge on any atom is 0.254 e. The molecule has 3 N–H and O–H groups in total. The molecule has 0 spiro atoms. The number of carbonyl (C=O) groups is 1. The van der Waals surface area contributed by atoms with Crippen LogP contribution in [0, 0.1) is 0 Å². The molecule has 6 nitrogen and oxygen atoms in total. The van der Waals surface area contributed by atoms with Gasteiger partial charge in [0.15, 0.2) is 0 Å². The van der Waals surface area contributed by atoms with Gasteiger partial charge < -0.3 is 15.1 Å². The first-order valence-corrected chi connectivity index (χ1v) is 6.97. The second kappa shape index (κ2) is 6.67. The molecule has 6 heteroatoms. The highest BCUT2D eigenvalue weighted by molar-refractivity contribution is 5.95. The number of carbonyl (C=O) groups excluding carboxylic acids is 1. The summed E-state index contributed by atoms with van der Waals surface area (Å²) in [5, 5.41) is 0. The van der Waals surface area contributed by atoms with Crippen molar-refractivity contribution in [2.45, 2.75) is 26.2 Å². The van der Waals surface area contributed by atoms with Gasteiger partial charge in [0, 0.05) is 31.0 Å². The van der Waals surface area contributed by atoms with Gasteiger partial charge in [-0.2, -0.15) is 0 Å². The number of ether oxygens (including phenoxy) is 1. The lowest BCUT2D eigenvalue weighted by atomic mass is 10.1. The number of pyridine rings is 1. The van der Waals surface area contributed by atoms with Crippen LogP contribution in [-0.2, 0) is 4.74 Å². The maximum absolute atomic E-state index is 12.6. The van der Waals surface area contributed by atoms with Gasteiger partial charge >= 0.3 is 0 Å². The lowest BCUT2D eigenvalue weighted by molar-refractivity contribution is 0.0741. The standard InChI is InChI=1S/C14H22N4O2/c1-10(2)12-8-11(9-13(16-12)17-15)14(19)18-4-3-6-20-7-5-18/h8-10H,3-7,15H2,1-2H3,(H,16,17). The van der Waals surface area contributed by atoms with Crippen LogP contribution < -0.4 is 11.3 Å². The maximum atomic E-state index is 12.6. The predicted molar refractivity (Wildman–Crippen MR) is 77.5 cm³/mol. The lowest BCUT2D eigenvalue weighted by Gasteiger charge is -2.20. The van der Waals surface area contributed by atoms with Crippen LogP contribution in [0.3, 0.4) is 0 Å². The van der Waals surface area contributed by atoms with Crippen LogP contribution in [0.15, 0.2) is 12.1 Å². The van der Waals surface area contributed by atoms with Crippen molar-refractivity contribution < 1.29 is 9.53 Å². The zero-order valence-electron chi connectivity index (χ0n) is 12.1. The van der Waals surface area contributed by atoms with Crippen LogP contribution in [0.4, 0.5) is 5.82 Å². The molecule has 0 bridgehead atoms. The van der Waals surface area contributed by atoms with E-state index in [0.717, 1.165) is 18.7 Å². The van der Waals surface area contributed by atoms with Crippen molar-refractivity contribution >= 4 is 11.7 Å². The van der Waals surface area contributed by atoms with Gasteiger partial charge in [-0.3, -0.25) is 4.79 Å². The molecule has 0 unspecified atom stereocenters. The number of amides is 1. The van der Waals surface area contributed by atoms with E-state index >= 15 is 0 Å². The molecule has 1 aliphatic heterocycles. The van der Waals surface area contributed by atoms with E-state index in [2.05, 4.69) is 10.4 Å². The van der Waals surface area contributed by atoms with Gasteiger partial charge in [-0.1, -0.05) is 13.8 Å². The number of rotatable bonds is 3. The highest BCUT2D eigenvalue weighted by Gasteiger charge is 2.19. The molecule has 1 aliphatic rings. The predicted octanol–water partition coefficient (Wildman–Crippen LogP) is 1.35. The summed E-state index contributed by atoms with van der Waals surface area (Å²) in [5.74, 6) is 6.20. The first-order chi connectivity index (χ1) is 9.61. The summed E-state index contributed by atoms with van der Waals surface area (Å²) in [6, 6.07) is 3.54. The Labute approximate surface area is 119 Å². The van der Waals surface area contributed by atoms with Crippen LogP contribution in [-0.4, -0.2) is 42.1 Å². The van der Waals surface area contributed by atoms with Crippen molar-refractivity contribution in [2.75, 3.05) is 31.7 Å². The number of aromatic nitrogens is 1. The fourth-order valence-corrected chi connectivity index (χ4v) is 2.18. The van der Waals surface area contributed by atoms with Crippen molar-refractivity contribution in [3.8, 4) is 0 Å². The molecular formula is C14H22N4O2. The largest absolute Gasteiger partial charge is 0.380 e. The molecule has 0 saturated carbocycles. The minimum atomic E-state index is 0.0105. The summed E-state index contributed by atoms with van der Waals surface area (Å²) in [5.41, 5.74) is 4.01. The Morgan fingerprint density at radius 1 is 1.40 bits per heavy atom. The molecule has 2 heterocycles. The summed E-state index contributed by atoms with van der Waals surface area (Å²) >= 11 is 0. The molecule has 1 fully saturated rings. The Morgan fingerprint density at radius 2 is 2.20 bits per heavy atom. The number of nitrogens with one attached hydrogen (secondary N) is 1. The van der Waals surface area contributed by atoms with Crippen LogP contribution in [0.25, 0.3) is 0 Å². The van der Waals surface area contributed by atoms with Crippen molar-refractivity contribution in [3.05, 3.63) is 23.4 Å². The highest BCUT2D eigenvalue weighted by Crippen LogP contribution is 2.19. The smallest absolute Gasteiger partial charge is 0.254 e. The summed E-state index contributed by atoms with van der Waals surface area (Å²) in [7, 11) is 0. The van der Waals surface area contributed by atoms with Gasteiger partial charge in [-0.05, 0) is 24.5 Å². The third kappa shape index (κ3) is 3.46. The second-order valence-electron chi connectivity index (χ2n) is 5.22. The van der Waals surface area contributed by atoms with E-state index in [1.54, 1.807) is 6.07 Å². The second-order valence-corrected chi connectivity index (χ2v) is 5.22. The fraction of sp³-hybridized carbons (Fsp3) is 0.571. The van der Waals surface area contributed by atoms with E-state index in [0.29, 0.717) is 31.1 Å². The summed E-state index contributed by atoms with van der Waals surface area (Å²) in [6.07, 6.45) is 0.871. The molecule has 0 radical (unpaired) electrons. The molecule has 2 rings (SSSR count). The minimum Gasteiger partial charge on any atom is -0.380 e. The lowest BCUT2D eigenvalue weighted by Crippen LogP contribution is -2.33. The molecule has 0 atom stereocenters. The molecule has 1 saturated heterocycles. The third-order valence-electron chi connectivity index (χ3n) is 3.34. The molecule has 1 aromatic heterocycles. The molecule has 20 heavy (non-hydrogen) atoms. The van der Waals surface area contributed by atoms with E-state index in [9.17, 15) is 4.79 Å².